The number of carboxylic acid groups (broad SMARTS) is 1. The minimum atomic E-state index is -1.16. The fourth-order valence-corrected chi connectivity index (χ4v) is 1.22. The Hall–Kier alpha value is -1.68. The Bertz CT molecular complexity index is 387. The van der Waals surface area contributed by atoms with Gasteiger partial charge in [-0.3, -0.25) is 9.59 Å². The average Bonchev–Trinajstić information content (AvgIpc) is 2.17. The van der Waals surface area contributed by atoms with Gasteiger partial charge < -0.3 is 10.8 Å². The van der Waals surface area contributed by atoms with E-state index in [0.717, 1.165) is 5.56 Å². The van der Waals surface area contributed by atoms with Crippen LogP contribution in [0.15, 0.2) is 24.3 Å². The molecule has 0 bridgehead atoms. The van der Waals surface area contributed by atoms with Crippen LogP contribution in [-0.2, 0) is 4.79 Å². The molecule has 4 heteroatoms. The third kappa shape index (κ3) is 3.18. The van der Waals surface area contributed by atoms with Gasteiger partial charge >= 0.3 is 5.97 Å². The number of carboxylic acids is 1. The molecule has 0 saturated heterocycles. The molecular weight excluding hydrogens is 194 g/mol. The van der Waals surface area contributed by atoms with Crippen LogP contribution in [-0.4, -0.2) is 22.9 Å². The van der Waals surface area contributed by atoms with E-state index in [1.807, 2.05) is 13.0 Å². The summed E-state index contributed by atoms with van der Waals surface area (Å²) in [5.74, 6) is -1.40. The fourth-order valence-electron chi connectivity index (χ4n) is 1.22. The highest BCUT2D eigenvalue weighted by Crippen LogP contribution is 2.07. The zero-order chi connectivity index (χ0) is 11.4. The van der Waals surface area contributed by atoms with Gasteiger partial charge in [-0.1, -0.05) is 23.8 Å². The number of Topliss-reactive ketones (excluding diaryl/α,β-unsaturated/α-hetero) is 1. The fraction of sp³-hybridized carbons (Fsp3) is 0.273. The molecule has 0 aromatic heterocycles. The van der Waals surface area contributed by atoms with Gasteiger partial charge in [-0.2, -0.15) is 0 Å². The van der Waals surface area contributed by atoms with E-state index < -0.39 is 12.0 Å². The van der Waals surface area contributed by atoms with Crippen molar-refractivity contribution in [2.45, 2.75) is 19.4 Å². The van der Waals surface area contributed by atoms with E-state index in [9.17, 15) is 9.59 Å². The second-order valence-electron chi connectivity index (χ2n) is 3.44. The maximum absolute atomic E-state index is 11.6. The maximum Gasteiger partial charge on any atom is 0.320 e. The lowest BCUT2D eigenvalue weighted by Crippen LogP contribution is -2.32. The maximum atomic E-state index is 11.6. The summed E-state index contributed by atoms with van der Waals surface area (Å²) in [5.41, 5.74) is 6.74. The number of benzene rings is 1. The first-order chi connectivity index (χ1) is 7.00. The Labute approximate surface area is 87.7 Å². The van der Waals surface area contributed by atoms with Crippen molar-refractivity contribution in [3.8, 4) is 0 Å². The van der Waals surface area contributed by atoms with Gasteiger partial charge in [0.15, 0.2) is 5.78 Å². The summed E-state index contributed by atoms with van der Waals surface area (Å²) in [5, 5.41) is 8.56. The summed E-state index contributed by atoms with van der Waals surface area (Å²) in [6.45, 7) is 1.87. The quantitative estimate of drug-likeness (QED) is 0.721. The molecule has 1 aromatic rings. The van der Waals surface area contributed by atoms with E-state index in [4.69, 9.17) is 10.8 Å². The topological polar surface area (TPSA) is 80.4 Å². The molecular formula is C11H13NO3. The standard InChI is InChI=1S/C11H13NO3/c1-7-3-2-4-8(5-7)10(13)6-9(12)11(14)15/h2-5,9H,6,12H2,1H3,(H,14,15)/t9-/m0/s1. The normalized spacial score (nSPS) is 12.1. The summed E-state index contributed by atoms with van der Waals surface area (Å²) in [6.07, 6.45) is -0.168. The lowest BCUT2D eigenvalue weighted by atomic mass is 10.0. The number of carbonyl (C=O) groups is 2. The monoisotopic (exact) mass is 207 g/mol. The molecule has 80 valence electrons. The second-order valence-corrected chi connectivity index (χ2v) is 3.44. The molecule has 0 heterocycles. The highest BCUT2D eigenvalue weighted by Gasteiger charge is 2.17. The second kappa shape index (κ2) is 4.70. The first-order valence-electron chi connectivity index (χ1n) is 4.59. The molecule has 3 N–H and O–H groups in total. The van der Waals surface area contributed by atoms with Gasteiger partial charge in [-0.05, 0) is 13.0 Å². The Kier molecular flexibility index (Phi) is 3.57. The zero-order valence-electron chi connectivity index (χ0n) is 8.43. The molecule has 4 nitrogen and oxygen atoms in total. The van der Waals surface area contributed by atoms with Crippen molar-refractivity contribution in [1.82, 2.24) is 0 Å². The van der Waals surface area contributed by atoms with Crippen LogP contribution in [0.4, 0.5) is 0 Å². The van der Waals surface area contributed by atoms with E-state index in [1.54, 1.807) is 18.2 Å². The predicted octanol–water partition coefficient (Wildman–Crippen LogP) is 0.980. The van der Waals surface area contributed by atoms with E-state index in [2.05, 4.69) is 0 Å². The molecule has 1 atom stereocenters. The Morgan fingerprint density at radius 2 is 2.13 bits per heavy atom. The van der Waals surface area contributed by atoms with Crippen molar-refractivity contribution < 1.29 is 14.7 Å². The van der Waals surface area contributed by atoms with Crippen molar-refractivity contribution >= 4 is 11.8 Å². The van der Waals surface area contributed by atoms with Crippen molar-refractivity contribution in [3.05, 3.63) is 35.4 Å². The summed E-state index contributed by atoms with van der Waals surface area (Å²) in [6, 6.07) is 5.88. The molecule has 1 aromatic carbocycles. The zero-order valence-corrected chi connectivity index (χ0v) is 8.43. The number of hydrogen-bond acceptors (Lipinski definition) is 3. The third-order valence-electron chi connectivity index (χ3n) is 2.06. The molecule has 0 amide bonds. The van der Waals surface area contributed by atoms with Crippen LogP contribution < -0.4 is 5.73 Å². The van der Waals surface area contributed by atoms with Crippen molar-refractivity contribution in [3.63, 3.8) is 0 Å². The van der Waals surface area contributed by atoms with Gasteiger partial charge in [0.05, 0.1) is 0 Å². The van der Waals surface area contributed by atoms with Crippen molar-refractivity contribution in [1.29, 1.82) is 0 Å². The SMILES string of the molecule is Cc1cccc(C(=O)C[C@H](N)C(=O)O)c1. The van der Waals surface area contributed by atoms with E-state index in [0.29, 0.717) is 5.56 Å². The Morgan fingerprint density at radius 1 is 1.47 bits per heavy atom. The lowest BCUT2D eigenvalue weighted by Gasteiger charge is -2.05. The molecule has 0 radical (unpaired) electrons. The van der Waals surface area contributed by atoms with Crippen LogP contribution in [0.3, 0.4) is 0 Å². The Morgan fingerprint density at radius 3 is 2.67 bits per heavy atom. The van der Waals surface area contributed by atoms with Crippen LogP contribution in [0.2, 0.25) is 0 Å². The molecule has 0 aliphatic carbocycles. The highest BCUT2D eigenvalue weighted by molar-refractivity contribution is 5.98. The molecule has 0 aliphatic heterocycles. The van der Waals surface area contributed by atoms with Gasteiger partial charge in [0, 0.05) is 12.0 Å². The smallest absolute Gasteiger partial charge is 0.320 e. The van der Waals surface area contributed by atoms with Crippen LogP contribution >= 0.6 is 0 Å². The van der Waals surface area contributed by atoms with Gasteiger partial charge in [0.2, 0.25) is 0 Å². The number of ketones is 1. The van der Waals surface area contributed by atoms with E-state index in [1.165, 1.54) is 0 Å². The van der Waals surface area contributed by atoms with Gasteiger partial charge in [0.25, 0.3) is 0 Å². The average molecular weight is 207 g/mol. The summed E-state index contributed by atoms with van der Waals surface area (Å²) >= 11 is 0. The minimum absolute atomic E-state index is 0.168. The van der Waals surface area contributed by atoms with E-state index >= 15 is 0 Å². The number of nitrogens with two attached hydrogens (primary N) is 1. The summed E-state index contributed by atoms with van der Waals surface area (Å²) in [4.78, 5) is 22.0. The predicted molar refractivity (Wildman–Crippen MR) is 55.7 cm³/mol. The van der Waals surface area contributed by atoms with E-state index in [-0.39, 0.29) is 12.2 Å². The van der Waals surface area contributed by atoms with Gasteiger partial charge in [-0.15, -0.1) is 0 Å². The summed E-state index contributed by atoms with van der Waals surface area (Å²) in [7, 11) is 0. The summed E-state index contributed by atoms with van der Waals surface area (Å²) < 4.78 is 0. The third-order valence-corrected chi connectivity index (χ3v) is 2.06. The number of hydrogen-bond donors (Lipinski definition) is 2. The largest absolute Gasteiger partial charge is 0.480 e. The van der Waals surface area contributed by atoms with Gasteiger partial charge in [0.1, 0.15) is 6.04 Å². The number of aryl methyl sites for hydroxylation is 1. The minimum Gasteiger partial charge on any atom is -0.480 e. The molecule has 15 heavy (non-hydrogen) atoms. The first kappa shape index (κ1) is 11.4. The highest BCUT2D eigenvalue weighted by atomic mass is 16.4. The van der Waals surface area contributed by atoms with Crippen LogP contribution in [0, 0.1) is 6.92 Å². The first-order valence-corrected chi connectivity index (χ1v) is 4.59. The molecule has 0 unspecified atom stereocenters. The number of carbonyl (C=O) groups excluding carboxylic acids is 1. The van der Waals surface area contributed by atoms with Crippen LogP contribution in [0.1, 0.15) is 22.3 Å². The molecule has 0 fully saturated rings. The van der Waals surface area contributed by atoms with Crippen molar-refractivity contribution in [2.75, 3.05) is 0 Å². The number of aliphatic carboxylic acids is 1. The van der Waals surface area contributed by atoms with Crippen molar-refractivity contribution in [2.24, 2.45) is 5.73 Å². The molecule has 0 aliphatic rings. The van der Waals surface area contributed by atoms with Crippen LogP contribution in [0.25, 0.3) is 0 Å². The lowest BCUT2D eigenvalue weighted by molar-refractivity contribution is -0.138. The van der Waals surface area contributed by atoms with Crippen LogP contribution in [0.5, 0.6) is 0 Å². The molecule has 1 rings (SSSR count). The number of rotatable bonds is 4. The Balaban J connectivity index is 2.73. The molecule has 0 spiro atoms. The van der Waals surface area contributed by atoms with Gasteiger partial charge in [-0.25, -0.2) is 0 Å². The molecule has 0 saturated carbocycles.